The molecule has 0 radical (unpaired) electrons. The van der Waals surface area contributed by atoms with Crippen molar-refractivity contribution in [3.63, 3.8) is 0 Å². The van der Waals surface area contributed by atoms with E-state index in [0.717, 1.165) is 25.9 Å². The zero-order valence-electron chi connectivity index (χ0n) is 12.1. The molecule has 2 N–H and O–H groups in total. The Morgan fingerprint density at radius 1 is 1.05 bits per heavy atom. The van der Waals surface area contributed by atoms with E-state index in [2.05, 4.69) is 4.90 Å². The highest BCUT2D eigenvalue weighted by molar-refractivity contribution is 5.83. The molecular formula is C14H23N3O4. The normalized spacial score (nSPS) is 33.9. The molecule has 0 aromatic heterocycles. The maximum atomic E-state index is 12.7. The molecule has 7 nitrogen and oxygen atoms in total. The number of nitrogens with zero attached hydrogens (tertiary/aromatic N) is 3. The van der Waals surface area contributed by atoms with Gasteiger partial charge in [0, 0.05) is 38.6 Å². The predicted octanol–water partition coefficient (Wildman–Crippen LogP) is -0.204. The lowest BCUT2D eigenvalue weighted by atomic mass is 10.2. The van der Waals surface area contributed by atoms with Crippen molar-refractivity contribution in [2.45, 2.75) is 43.9 Å². The largest absolute Gasteiger partial charge is 0.480 e. The number of hydrogen-bond donors (Lipinski definition) is 2. The number of urea groups is 1. The zero-order valence-corrected chi connectivity index (χ0v) is 12.1. The van der Waals surface area contributed by atoms with Gasteiger partial charge in [0.1, 0.15) is 6.04 Å². The first-order valence-corrected chi connectivity index (χ1v) is 7.76. The predicted molar refractivity (Wildman–Crippen MR) is 74.9 cm³/mol. The van der Waals surface area contributed by atoms with Gasteiger partial charge in [0.25, 0.3) is 0 Å². The van der Waals surface area contributed by atoms with Crippen molar-refractivity contribution in [2.24, 2.45) is 0 Å². The number of likely N-dealkylation sites (tertiary alicyclic amines) is 1. The van der Waals surface area contributed by atoms with Gasteiger partial charge in [-0.15, -0.1) is 0 Å². The van der Waals surface area contributed by atoms with Crippen LogP contribution in [-0.4, -0.2) is 87.8 Å². The average Bonchev–Trinajstić information content (AvgIpc) is 2.99. The molecule has 3 saturated heterocycles. The molecular weight excluding hydrogens is 274 g/mol. The molecule has 21 heavy (non-hydrogen) atoms. The quantitative estimate of drug-likeness (QED) is 0.700. The number of aliphatic hydroxyl groups excluding tert-OH is 1. The van der Waals surface area contributed by atoms with Crippen LogP contribution in [0.5, 0.6) is 0 Å². The van der Waals surface area contributed by atoms with Gasteiger partial charge in [0.15, 0.2) is 0 Å². The maximum absolute atomic E-state index is 12.7. The van der Waals surface area contributed by atoms with Crippen molar-refractivity contribution in [1.29, 1.82) is 0 Å². The summed E-state index contributed by atoms with van der Waals surface area (Å²) in [5, 5.41) is 18.9. The summed E-state index contributed by atoms with van der Waals surface area (Å²) in [6, 6.07) is -0.713. The van der Waals surface area contributed by atoms with E-state index in [9.17, 15) is 19.8 Å². The van der Waals surface area contributed by atoms with Crippen molar-refractivity contribution in [3.05, 3.63) is 0 Å². The van der Waals surface area contributed by atoms with E-state index >= 15 is 0 Å². The van der Waals surface area contributed by atoms with Gasteiger partial charge in [-0.05, 0) is 25.8 Å². The first-order valence-electron chi connectivity index (χ1n) is 7.76. The highest BCUT2D eigenvalue weighted by atomic mass is 16.4. The number of hydrogen-bond acceptors (Lipinski definition) is 4. The Balaban J connectivity index is 1.70. The zero-order chi connectivity index (χ0) is 15.0. The van der Waals surface area contributed by atoms with Crippen molar-refractivity contribution >= 4 is 12.0 Å². The molecule has 0 spiro atoms. The van der Waals surface area contributed by atoms with Crippen molar-refractivity contribution in [3.8, 4) is 0 Å². The number of carboxylic acid groups (broad SMARTS) is 1. The number of β-amino-alcohol motifs (C(OH)–C–C–N with tert-alkyl or cyclic N) is 1. The molecule has 0 aliphatic carbocycles. The minimum Gasteiger partial charge on any atom is -0.480 e. The Hall–Kier alpha value is -1.34. The molecule has 3 rings (SSSR count). The molecule has 0 aromatic carbocycles. The lowest BCUT2D eigenvalue weighted by molar-refractivity contribution is -0.141. The average molecular weight is 297 g/mol. The third-order valence-corrected chi connectivity index (χ3v) is 4.88. The molecule has 118 valence electrons. The number of amides is 2. The second-order valence-corrected chi connectivity index (χ2v) is 6.31. The van der Waals surface area contributed by atoms with E-state index in [1.54, 1.807) is 4.90 Å². The minimum atomic E-state index is -1.03. The summed E-state index contributed by atoms with van der Waals surface area (Å²) < 4.78 is 0. The summed E-state index contributed by atoms with van der Waals surface area (Å²) >= 11 is 0. The fraction of sp³-hybridized carbons (Fsp3) is 0.857. The number of carboxylic acids is 1. The van der Waals surface area contributed by atoms with Crippen LogP contribution in [-0.2, 0) is 4.79 Å². The van der Waals surface area contributed by atoms with E-state index in [1.165, 1.54) is 11.3 Å². The third kappa shape index (κ3) is 2.85. The van der Waals surface area contributed by atoms with Gasteiger partial charge in [-0.1, -0.05) is 0 Å². The van der Waals surface area contributed by atoms with Gasteiger partial charge < -0.3 is 20.0 Å². The molecule has 2 amide bonds. The number of rotatable bonds is 1. The number of carbonyl (C=O) groups is 2. The molecule has 0 saturated carbocycles. The van der Waals surface area contributed by atoms with Crippen molar-refractivity contribution in [1.82, 2.24) is 14.7 Å². The van der Waals surface area contributed by atoms with Gasteiger partial charge in [0.2, 0.25) is 0 Å². The molecule has 0 aromatic rings. The van der Waals surface area contributed by atoms with Gasteiger partial charge >= 0.3 is 12.0 Å². The molecule has 0 bridgehead atoms. The van der Waals surface area contributed by atoms with Crippen LogP contribution in [0.3, 0.4) is 0 Å². The Morgan fingerprint density at radius 3 is 2.57 bits per heavy atom. The van der Waals surface area contributed by atoms with Crippen LogP contribution in [0.1, 0.15) is 25.7 Å². The number of aliphatic carboxylic acids is 1. The summed E-state index contributed by atoms with van der Waals surface area (Å²) in [7, 11) is 0. The lowest BCUT2D eigenvalue weighted by Gasteiger charge is -2.31. The number of carbonyl (C=O) groups excluding carboxylic acids is 1. The summed E-state index contributed by atoms with van der Waals surface area (Å²) in [6.07, 6.45) is 2.60. The van der Waals surface area contributed by atoms with Gasteiger partial charge in [-0.3, -0.25) is 4.90 Å². The van der Waals surface area contributed by atoms with Crippen LogP contribution < -0.4 is 0 Å². The summed E-state index contributed by atoms with van der Waals surface area (Å²) in [5.74, 6) is -1.03. The monoisotopic (exact) mass is 297 g/mol. The standard InChI is InChI=1S/C14H23N3O4/c18-11-7-12(13(19)20)17(9-11)14(21)16-6-2-5-15-4-1-3-10(15)8-16/h10-12,18H,1-9H2,(H,19,20)/t10?,11-,12-/m0/s1. The number of aliphatic hydroxyl groups is 1. The Labute approximate surface area is 124 Å². The second kappa shape index (κ2) is 5.81. The molecule has 3 atom stereocenters. The van der Waals surface area contributed by atoms with Crippen LogP contribution in [0.4, 0.5) is 4.79 Å². The van der Waals surface area contributed by atoms with E-state index in [0.29, 0.717) is 19.1 Å². The van der Waals surface area contributed by atoms with E-state index in [1.807, 2.05) is 0 Å². The van der Waals surface area contributed by atoms with Crippen LogP contribution in [0, 0.1) is 0 Å². The Bertz CT molecular complexity index is 430. The van der Waals surface area contributed by atoms with Crippen LogP contribution in [0.2, 0.25) is 0 Å². The summed E-state index contributed by atoms with van der Waals surface area (Å²) in [5.41, 5.74) is 0. The lowest BCUT2D eigenvalue weighted by Crippen LogP contribution is -2.50. The molecule has 1 unspecified atom stereocenters. The highest BCUT2D eigenvalue weighted by Gasteiger charge is 2.41. The number of fused-ring (bicyclic) bond motifs is 1. The van der Waals surface area contributed by atoms with Crippen LogP contribution >= 0.6 is 0 Å². The fourth-order valence-electron chi connectivity index (χ4n) is 3.82. The first-order chi connectivity index (χ1) is 10.1. The van der Waals surface area contributed by atoms with Gasteiger partial charge in [-0.2, -0.15) is 0 Å². The molecule has 3 fully saturated rings. The second-order valence-electron chi connectivity index (χ2n) is 6.31. The van der Waals surface area contributed by atoms with Crippen LogP contribution in [0.25, 0.3) is 0 Å². The topological polar surface area (TPSA) is 84.3 Å². The van der Waals surface area contributed by atoms with Gasteiger partial charge in [0.05, 0.1) is 6.10 Å². The fourth-order valence-corrected chi connectivity index (χ4v) is 3.82. The highest BCUT2D eigenvalue weighted by Crippen LogP contribution is 2.24. The SMILES string of the molecule is O=C(O)[C@@H]1C[C@H](O)CN1C(=O)N1CCCN2CCCC2C1. The van der Waals surface area contributed by atoms with Crippen molar-refractivity contribution in [2.75, 3.05) is 32.7 Å². The molecule has 7 heteroatoms. The van der Waals surface area contributed by atoms with E-state index in [-0.39, 0.29) is 19.0 Å². The van der Waals surface area contributed by atoms with Crippen molar-refractivity contribution < 1.29 is 19.8 Å². The Kier molecular flexibility index (Phi) is 4.03. The molecule has 3 aliphatic heterocycles. The molecule has 3 heterocycles. The smallest absolute Gasteiger partial charge is 0.326 e. The Morgan fingerprint density at radius 2 is 1.81 bits per heavy atom. The summed E-state index contributed by atoms with van der Waals surface area (Å²) in [6.45, 7) is 3.59. The molecule has 3 aliphatic rings. The summed E-state index contributed by atoms with van der Waals surface area (Å²) in [4.78, 5) is 29.5. The van der Waals surface area contributed by atoms with Gasteiger partial charge in [-0.25, -0.2) is 9.59 Å². The minimum absolute atomic E-state index is 0.126. The van der Waals surface area contributed by atoms with E-state index < -0.39 is 18.1 Å². The third-order valence-electron chi connectivity index (χ3n) is 4.88. The van der Waals surface area contributed by atoms with Crippen LogP contribution in [0.15, 0.2) is 0 Å². The van der Waals surface area contributed by atoms with E-state index in [4.69, 9.17) is 0 Å². The maximum Gasteiger partial charge on any atom is 0.326 e. The first kappa shape index (κ1) is 14.6.